The second-order valence-corrected chi connectivity index (χ2v) is 5.71. The molecule has 0 radical (unpaired) electrons. The van der Waals surface area contributed by atoms with Gasteiger partial charge in [-0.15, -0.1) is 0 Å². The molecule has 1 saturated heterocycles. The van der Waals surface area contributed by atoms with Crippen LogP contribution in [-0.2, 0) is 0 Å². The minimum absolute atomic E-state index is 0.0226. The van der Waals surface area contributed by atoms with Crippen molar-refractivity contribution in [1.82, 2.24) is 4.90 Å². The normalized spacial score (nSPS) is 18.1. The van der Waals surface area contributed by atoms with Gasteiger partial charge < -0.3 is 10.6 Å². The zero-order valence-corrected chi connectivity index (χ0v) is 12.0. The van der Waals surface area contributed by atoms with Crippen LogP contribution in [0.5, 0.6) is 0 Å². The third-order valence-corrected chi connectivity index (χ3v) is 4.12. The molecule has 1 aromatic carbocycles. The zero-order valence-electron chi connectivity index (χ0n) is 12.0. The monoisotopic (exact) mass is 304 g/mol. The second kappa shape index (κ2) is 6.22. The first-order valence-corrected chi connectivity index (χ1v) is 7.11. The molecule has 1 aliphatic heterocycles. The van der Waals surface area contributed by atoms with Crippen LogP contribution in [0.25, 0.3) is 0 Å². The number of nitrogen functional groups attached to an aromatic ring is 1. The lowest BCUT2D eigenvalue weighted by Gasteiger charge is -2.32. The van der Waals surface area contributed by atoms with Crippen molar-refractivity contribution < 1.29 is 17.6 Å². The van der Waals surface area contributed by atoms with Crippen molar-refractivity contribution in [3.63, 3.8) is 0 Å². The largest absolute Gasteiger partial charge is 0.399 e. The highest BCUT2D eigenvalue weighted by atomic mass is 19.4. The quantitative estimate of drug-likeness (QED) is 0.679. The molecule has 0 aromatic heterocycles. The van der Waals surface area contributed by atoms with E-state index in [1.807, 2.05) is 0 Å². The van der Waals surface area contributed by atoms with Gasteiger partial charge in [-0.1, -0.05) is 0 Å². The van der Waals surface area contributed by atoms with Crippen LogP contribution < -0.4 is 5.73 Å². The van der Waals surface area contributed by atoms with E-state index >= 15 is 0 Å². The Bertz CT molecular complexity index is 491. The Morgan fingerprint density at radius 2 is 1.86 bits per heavy atom. The molecule has 1 heterocycles. The van der Waals surface area contributed by atoms with Gasteiger partial charge >= 0.3 is 6.18 Å². The summed E-state index contributed by atoms with van der Waals surface area (Å²) in [5.41, 5.74) is 7.68. The van der Waals surface area contributed by atoms with Gasteiger partial charge in [0.05, 0.1) is 6.42 Å². The van der Waals surface area contributed by atoms with Gasteiger partial charge in [-0.25, -0.2) is 4.39 Å². The highest BCUT2D eigenvalue weighted by Crippen LogP contribution is 2.32. The van der Waals surface area contributed by atoms with Gasteiger partial charge in [0, 0.05) is 12.2 Å². The summed E-state index contributed by atoms with van der Waals surface area (Å²) in [6.45, 7) is 2.90. The maximum absolute atomic E-state index is 14.0. The number of piperidine rings is 1. The Labute approximate surface area is 121 Å². The molecule has 0 unspecified atom stereocenters. The molecule has 2 nitrogen and oxygen atoms in total. The van der Waals surface area contributed by atoms with E-state index in [0.717, 1.165) is 0 Å². The molecule has 2 rings (SSSR count). The van der Waals surface area contributed by atoms with Crippen molar-refractivity contribution in [2.75, 3.05) is 25.4 Å². The molecule has 0 aliphatic carbocycles. The number of benzene rings is 1. The number of nitrogens with two attached hydrogens (primary N) is 1. The van der Waals surface area contributed by atoms with Gasteiger partial charge in [0.25, 0.3) is 0 Å². The highest BCUT2D eigenvalue weighted by Gasteiger charge is 2.29. The van der Waals surface area contributed by atoms with Crippen molar-refractivity contribution in [2.24, 2.45) is 0 Å². The first-order valence-electron chi connectivity index (χ1n) is 7.11. The molecule has 2 N–H and O–H groups in total. The molecule has 1 aliphatic rings. The van der Waals surface area contributed by atoms with Crippen molar-refractivity contribution in [1.29, 1.82) is 0 Å². The molecular formula is C15H20F4N2. The first-order chi connectivity index (χ1) is 9.76. The number of nitrogens with zero attached hydrogens (tertiary/aromatic N) is 1. The van der Waals surface area contributed by atoms with Crippen molar-refractivity contribution in [3.8, 4) is 0 Å². The Hall–Kier alpha value is -1.30. The van der Waals surface area contributed by atoms with E-state index in [1.54, 1.807) is 17.9 Å². The predicted octanol–water partition coefficient (Wildman–Crippen LogP) is 3.85. The van der Waals surface area contributed by atoms with Crippen molar-refractivity contribution in [2.45, 2.75) is 38.3 Å². The number of hydrogen-bond donors (Lipinski definition) is 1. The van der Waals surface area contributed by atoms with Crippen LogP contribution in [0, 0.1) is 12.7 Å². The highest BCUT2D eigenvalue weighted by molar-refractivity contribution is 5.49. The summed E-state index contributed by atoms with van der Waals surface area (Å²) in [5, 5.41) is 0. The summed E-state index contributed by atoms with van der Waals surface area (Å²) in [7, 11) is 0. The second-order valence-electron chi connectivity index (χ2n) is 5.71. The Morgan fingerprint density at radius 3 is 2.43 bits per heavy atom. The summed E-state index contributed by atoms with van der Waals surface area (Å²) in [6.07, 6.45) is -3.58. The fraction of sp³-hybridized carbons (Fsp3) is 0.600. The van der Waals surface area contributed by atoms with Crippen molar-refractivity contribution in [3.05, 3.63) is 29.1 Å². The lowest BCUT2D eigenvalue weighted by atomic mass is 9.88. The number of halogens is 4. The molecule has 0 atom stereocenters. The van der Waals surface area contributed by atoms with Gasteiger partial charge in [0.2, 0.25) is 0 Å². The van der Waals surface area contributed by atoms with Gasteiger partial charge in [-0.3, -0.25) is 0 Å². The number of anilines is 1. The average molecular weight is 304 g/mol. The standard InChI is InChI=1S/C15H20F4N2/c1-10-8-13(16)12(9-14(10)20)11-2-5-21(6-3-11)7-4-15(17,18)19/h8-9,11H,2-7,20H2,1H3. The summed E-state index contributed by atoms with van der Waals surface area (Å²) in [6, 6.07) is 3.10. The number of rotatable bonds is 3. The van der Waals surface area contributed by atoms with E-state index in [9.17, 15) is 17.6 Å². The average Bonchev–Trinajstić information content (AvgIpc) is 2.40. The SMILES string of the molecule is Cc1cc(F)c(C2CCN(CCC(F)(F)F)CC2)cc1N. The minimum atomic E-state index is -4.12. The van der Waals surface area contributed by atoms with Gasteiger partial charge in [-0.2, -0.15) is 13.2 Å². The van der Waals surface area contributed by atoms with Crippen LogP contribution >= 0.6 is 0 Å². The number of hydrogen-bond acceptors (Lipinski definition) is 2. The Kier molecular flexibility index (Phi) is 4.76. The zero-order chi connectivity index (χ0) is 15.6. The molecular weight excluding hydrogens is 284 g/mol. The number of alkyl halides is 3. The van der Waals surface area contributed by atoms with Crippen LogP contribution in [0.4, 0.5) is 23.2 Å². The van der Waals surface area contributed by atoms with Crippen LogP contribution in [0.1, 0.15) is 36.3 Å². The maximum Gasteiger partial charge on any atom is 0.390 e. The summed E-state index contributed by atoms with van der Waals surface area (Å²) in [4.78, 5) is 1.79. The molecule has 1 aromatic rings. The van der Waals surface area contributed by atoms with Crippen molar-refractivity contribution >= 4 is 5.69 Å². The Morgan fingerprint density at radius 1 is 1.24 bits per heavy atom. The lowest BCUT2D eigenvalue weighted by molar-refractivity contribution is -0.138. The fourth-order valence-electron chi connectivity index (χ4n) is 2.77. The molecule has 0 bridgehead atoms. The van der Waals surface area contributed by atoms with Crippen LogP contribution in [-0.4, -0.2) is 30.7 Å². The molecule has 0 spiro atoms. The first kappa shape index (κ1) is 16.1. The fourth-order valence-corrected chi connectivity index (χ4v) is 2.77. The van der Waals surface area contributed by atoms with Crippen LogP contribution in [0.15, 0.2) is 12.1 Å². The smallest absolute Gasteiger partial charge is 0.390 e. The van der Waals surface area contributed by atoms with E-state index in [-0.39, 0.29) is 18.3 Å². The van der Waals surface area contributed by atoms with Crippen LogP contribution in [0.3, 0.4) is 0 Å². The predicted molar refractivity (Wildman–Crippen MR) is 74.6 cm³/mol. The third kappa shape index (κ3) is 4.33. The number of aryl methyl sites for hydroxylation is 1. The maximum atomic E-state index is 14.0. The Balaban J connectivity index is 1.94. The molecule has 6 heteroatoms. The molecule has 0 saturated carbocycles. The number of likely N-dealkylation sites (tertiary alicyclic amines) is 1. The molecule has 118 valence electrons. The van der Waals surface area contributed by atoms with E-state index in [2.05, 4.69) is 0 Å². The van der Waals surface area contributed by atoms with E-state index in [4.69, 9.17) is 5.73 Å². The molecule has 0 amide bonds. The van der Waals surface area contributed by atoms with Gasteiger partial charge in [0.1, 0.15) is 5.82 Å². The lowest BCUT2D eigenvalue weighted by Crippen LogP contribution is -2.35. The third-order valence-electron chi connectivity index (χ3n) is 4.12. The summed E-state index contributed by atoms with van der Waals surface area (Å²) in [5.74, 6) is -0.231. The van der Waals surface area contributed by atoms with E-state index < -0.39 is 12.6 Å². The summed E-state index contributed by atoms with van der Waals surface area (Å²) >= 11 is 0. The summed E-state index contributed by atoms with van der Waals surface area (Å²) < 4.78 is 50.6. The molecule has 1 fully saturated rings. The van der Waals surface area contributed by atoms with E-state index in [1.165, 1.54) is 6.07 Å². The molecule has 21 heavy (non-hydrogen) atoms. The van der Waals surface area contributed by atoms with Gasteiger partial charge in [-0.05, 0) is 62.0 Å². The topological polar surface area (TPSA) is 29.3 Å². The minimum Gasteiger partial charge on any atom is -0.399 e. The van der Waals surface area contributed by atoms with Gasteiger partial charge in [0.15, 0.2) is 0 Å². The van der Waals surface area contributed by atoms with E-state index in [0.29, 0.717) is 42.7 Å². The van der Waals surface area contributed by atoms with Crippen LogP contribution in [0.2, 0.25) is 0 Å².